The number of hydrogen-bond acceptors (Lipinski definition) is 4. The van der Waals surface area contributed by atoms with Gasteiger partial charge in [-0.05, 0) is 0 Å². The molecule has 0 aliphatic carbocycles. The zero-order valence-corrected chi connectivity index (χ0v) is 5.81. The average molecular weight is 131 g/mol. The van der Waals surface area contributed by atoms with Crippen LogP contribution >= 0.6 is 0 Å². The molecule has 1 radical (unpaired) electrons. The summed E-state index contributed by atoms with van der Waals surface area (Å²) < 4.78 is 32.7. The Labute approximate surface area is 58.4 Å². The topological polar surface area (TPSA) is 89.4 Å². The van der Waals surface area contributed by atoms with Gasteiger partial charge in [0.1, 0.15) is 0 Å². The van der Waals surface area contributed by atoms with Crippen LogP contribution in [0.25, 0.3) is 0 Å². The minimum atomic E-state index is -4.69. The molecule has 1 N–H and O–H groups in total. The summed E-state index contributed by atoms with van der Waals surface area (Å²) >= 11 is 0. The quantitative estimate of drug-likeness (QED) is 0.265. The Morgan fingerprint density at radius 1 is 1.17 bits per heavy atom. The van der Waals surface area contributed by atoms with Gasteiger partial charge in [0.2, 0.25) is 0 Å². The van der Waals surface area contributed by atoms with Crippen molar-refractivity contribution >= 4 is 29.6 Å². The second-order valence-corrected chi connectivity index (χ2v) is 1.19. The third kappa shape index (κ3) is 68.5. The first-order valence-corrected chi connectivity index (χ1v) is 1.90. The van der Waals surface area contributed by atoms with Crippen LogP contribution in [0.15, 0.2) is 0 Å². The van der Waals surface area contributed by atoms with E-state index in [0.29, 0.717) is 0 Å². The maximum Gasteiger partial charge on any atom is 0.0777 e. The Morgan fingerprint density at radius 3 is 1.17 bits per heavy atom. The van der Waals surface area contributed by atoms with Crippen LogP contribution in [0.2, 0.25) is 0 Å². The van der Waals surface area contributed by atoms with Crippen molar-refractivity contribution in [3.8, 4) is 0 Å². The van der Waals surface area contributed by atoms with Crippen LogP contribution in [0.1, 0.15) is 0 Å². The number of halogens is 1. The second-order valence-electron chi connectivity index (χ2n) is 0.396. The van der Waals surface area contributed by atoms with Crippen molar-refractivity contribution in [2.75, 3.05) is 0 Å². The van der Waals surface area contributed by atoms with Crippen molar-refractivity contribution in [1.82, 2.24) is 0 Å². The van der Waals surface area contributed by atoms with Crippen molar-refractivity contribution in [2.24, 2.45) is 0 Å². The molecule has 0 aromatic carbocycles. The smallest absolute Gasteiger partial charge is 0.0777 e. The first kappa shape index (κ1) is 10.2. The van der Waals surface area contributed by atoms with Gasteiger partial charge < -0.3 is 0 Å². The molecule has 6 heavy (non-hydrogen) atoms. The van der Waals surface area contributed by atoms with Crippen LogP contribution < -0.4 is 14.0 Å². The normalized spacial score (nSPS) is 10.0. The van der Waals surface area contributed by atoms with Crippen LogP contribution in [0.4, 0.5) is 0 Å². The molecule has 0 rings (SSSR count). The van der Waals surface area contributed by atoms with E-state index in [1.807, 2.05) is 0 Å². The van der Waals surface area contributed by atoms with E-state index in [1.165, 1.54) is 0 Å². The fourth-order valence-corrected chi connectivity index (χ4v) is 0. The van der Waals surface area contributed by atoms with Crippen LogP contribution in [0.5, 0.6) is 0 Å². The van der Waals surface area contributed by atoms with Crippen molar-refractivity contribution < 1.29 is 28.9 Å². The Hall–Kier alpha value is 1.13. The Balaban J connectivity index is 0. The summed E-state index contributed by atoms with van der Waals surface area (Å²) in [7, 11) is -4.69. The SMILES string of the molecule is [18O-][Cl+3]([18O-])([18O-])[18OH].[Na]. The molecule has 0 amide bonds. The Morgan fingerprint density at radius 2 is 1.17 bits per heavy atom. The second kappa shape index (κ2) is 3.17. The van der Waals surface area contributed by atoms with Crippen molar-refractivity contribution in [3.05, 3.63) is 0 Å². The van der Waals surface area contributed by atoms with E-state index >= 15 is 0 Å². The minimum absolute atomic E-state index is 0. The van der Waals surface area contributed by atoms with Crippen molar-refractivity contribution in [2.45, 2.75) is 0 Å². The molecular formula is HClNaO4. The molecule has 33 valence electrons. The molecule has 0 bridgehead atoms. The van der Waals surface area contributed by atoms with Gasteiger partial charge >= 0.3 is 0 Å². The van der Waals surface area contributed by atoms with E-state index in [1.54, 1.807) is 0 Å². The van der Waals surface area contributed by atoms with Gasteiger partial charge in [0, 0.05) is 29.6 Å². The van der Waals surface area contributed by atoms with Gasteiger partial charge in [-0.2, -0.15) is 14.0 Å². The van der Waals surface area contributed by atoms with E-state index < -0.39 is 10.2 Å². The molecule has 0 atom stereocenters. The van der Waals surface area contributed by atoms with E-state index in [4.69, 9.17) is 18.6 Å². The molecule has 0 fully saturated rings. The summed E-state index contributed by atoms with van der Waals surface area (Å²) in [4.78, 5) is 0. The van der Waals surface area contributed by atoms with E-state index in [-0.39, 0.29) is 29.6 Å². The number of rotatable bonds is 0. The van der Waals surface area contributed by atoms with Crippen LogP contribution in [-0.4, -0.2) is 34.2 Å². The van der Waals surface area contributed by atoms with E-state index in [9.17, 15) is 0 Å². The molecule has 0 aliphatic heterocycles. The van der Waals surface area contributed by atoms with Crippen molar-refractivity contribution in [3.63, 3.8) is 0 Å². The summed E-state index contributed by atoms with van der Waals surface area (Å²) in [5, 5.41) is 0. The van der Waals surface area contributed by atoms with Crippen LogP contribution in [0.3, 0.4) is 0 Å². The fraction of sp³-hybridized carbons (Fsp3) is 0. The molecule has 0 saturated carbocycles. The summed E-state index contributed by atoms with van der Waals surface area (Å²) in [6.07, 6.45) is 0. The zero-order chi connectivity index (χ0) is 4.50. The Kier molecular flexibility index (Phi) is 5.38. The third-order valence-corrected chi connectivity index (χ3v) is 0. The maximum absolute atomic E-state index is 8.60. The van der Waals surface area contributed by atoms with Gasteiger partial charge in [-0.1, -0.05) is 0 Å². The predicted molar refractivity (Wildman–Crippen MR) is 7.97 cm³/mol. The molecule has 0 aliphatic rings. The molecular weight excluding hydrogens is 130 g/mol. The summed E-state index contributed by atoms with van der Waals surface area (Å²) in [6, 6.07) is 0. The molecule has 0 aromatic heterocycles. The molecule has 0 saturated heterocycles. The van der Waals surface area contributed by atoms with Crippen molar-refractivity contribution in [1.29, 1.82) is 0 Å². The van der Waals surface area contributed by atoms with E-state index in [2.05, 4.69) is 0 Å². The standard InChI is InChI=1S/ClHO4.Na/c2-1(3,4)5;/h(H,2,3,4,5);/i2+2,3+2,4+2,5+2;. The van der Waals surface area contributed by atoms with E-state index in [0.717, 1.165) is 0 Å². The number of hydrogen-bond donors (Lipinski definition) is 1. The zero-order valence-electron chi connectivity index (χ0n) is 3.05. The van der Waals surface area contributed by atoms with Gasteiger partial charge in [0.15, 0.2) is 0 Å². The minimum Gasteiger partial charge on any atom is -0.183 e. The third-order valence-electron chi connectivity index (χ3n) is 0. The first-order chi connectivity index (χ1) is 2.00. The summed E-state index contributed by atoms with van der Waals surface area (Å²) in [6.45, 7) is 0. The summed E-state index contributed by atoms with van der Waals surface area (Å²) in [5.41, 5.74) is 0. The predicted octanol–water partition coefficient (Wildman–Crippen LogP) is -4.50. The monoisotopic (exact) mass is 131 g/mol. The Bertz CT molecular complexity index is 23.0. The van der Waals surface area contributed by atoms with Gasteiger partial charge in [0.25, 0.3) is 0 Å². The molecule has 0 spiro atoms. The molecule has 0 unspecified atom stereocenters. The molecule has 0 heterocycles. The van der Waals surface area contributed by atoms with Crippen LogP contribution in [-0.2, 0) is 0 Å². The van der Waals surface area contributed by atoms with Gasteiger partial charge in [-0.25, -0.2) is 0 Å². The van der Waals surface area contributed by atoms with Gasteiger partial charge in [0.05, 0.1) is 14.9 Å². The average Bonchev–Trinajstić information content (AvgIpc) is 0.722. The van der Waals surface area contributed by atoms with Gasteiger partial charge in [-0.3, -0.25) is 0 Å². The van der Waals surface area contributed by atoms with Gasteiger partial charge in [-0.15, -0.1) is 0 Å². The maximum atomic E-state index is 8.60. The fourth-order valence-electron chi connectivity index (χ4n) is 0. The first-order valence-electron chi connectivity index (χ1n) is 0.632. The molecule has 6 heteroatoms. The largest absolute Gasteiger partial charge is 0.183 e. The molecule has 4 nitrogen and oxygen atoms in total. The van der Waals surface area contributed by atoms with Crippen LogP contribution in [0, 0.1) is 10.2 Å². The molecule has 0 aromatic rings. The summed E-state index contributed by atoms with van der Waals surface area (Å²) in [5.74, 6) is 0.